The fourth-order valence-corrected chi connectivity index (χ4v) is 6.78. The van der Waals surface area contributed by atoms with E-state index >= 15 is 0 Å². The van der Waals surface area contributed by atoms with Gasteiger partial charge in [-0.2, -0.15) is 10.2 Å². The molecule has 12 nitrogen and oxygen atoms in total. The summed E-state index contributed by atoms with van der Waals surface area (Å²) in [5.74, 6) is -0.464. The SMILES string of the molecule is COc1ccc(F)cc1C(Cn1c(=O)n([C@@H]2CCN(C)C2=O)c(=O)c2c(C)c(-n3nccn3)sc21)OC1CC(O)C1. The molecule has 2 fully saturated rings. The zero-order valence-electron chi connectivity index (χ0n) is 22.7. The molecule has 3 aromatic heterocycles. The molecular formula is C27H29FN6O6S. The molecule has 2 aliphatic rings. The number of benzene rings is 1. The predicted molar refractivity (Wildman–Crippen MR) is 147 cm³/mol. The lowest BCUT2D eigenvalue weighted by atomic mass is 9.92. The van der Waals surface area contributed by atoms with Crippen molar-refractivity contribution in [3.63, 3.8) is 0 Å². The van der Waals surface area contributed by atoms with Gasteiger partial charge in [-0.25, -0.2) is 13.8 Å². The highest BCUT2D eigenvalue weighted by atomic mass is 32.1. The average molecular weight is 585 g/mol. The number of aliphatic hydroxyl groups excluding tert-OH is 1. The van der Waals surface area contributed by atoms with Crippen molar-refractivity contribution in [2.24, 2.45) is 0 Å². The summed E-state index contributed by atoms with van der Waals surface area (Å²) in [6.45, 7) is 2.05. The molecule has 1 aliphatic carbocycles. The molecule has 1 unspecified atom stereocenters. The van der Waals surface area contributed by atoms with Crippen molar-refractivity contribution < 1.29 is 23.8 Å². The van der Waals surface area contributed by atoms with E-state index in [1.807, 2.05) is 0 Å². The van der Waals surface area contributed by atoms with E-state index in [9.17, 15) is 23.9 Å². The first-order valence-electron chi connectivity index (χ1n) is 13.2. The Morgan fingerprint density at radius 1 is 1.20 bits per heavy atom. The largest absolute Gasteiger partial charge is 0.496 e. The Kier molecular flexibility index (Phi) is 6.99. The molecule has 41 heavy (non-hydrogen) atoms. The molecular weight excluding hydrogens is 555 g/mol. The van der Waals surface area contributed by atoms with Crippen LogP contribution >= 0.6 is 11.3 Å². The number of fused-ring (bicyclic) bond motifs is 1. The quantitative estimate of drug-likeness (QED) is 0.332. The fourth-order valence-electron chi connectivity index (χ4n) is 5.56. The molecule has 1 aliphatic heterocycles. The van der Waals surface area contributed by atoms with Crippen LogP contribution < -0.4 is 16.0 Å². The molecule has 4 aromatic rings. The summed E-state index contributed by atoms with van der Waals surface area (Å²) >= 11 is 1.17. The number of ether oxygens (including phenoxy) is 2. The number of carbonyl (C=O) groups excluding carboxylic acids is 1. The molecule has 0 bridgehead atoms. The molecule has 1 N–H and O–H groups in total. The molecule has 6 rings (SSSR count). The second-order valence-electron chi connectivity index (χ2n) is 10.4. The third kappa shape index (κ3) is 4.65. The third-order valence-electron chi connectivity index (χ3n) is 7.84. The zero-order chi connectivity index (χ0) is 29.0. The maximum atomic E-state index is 14.5. The van der Waals surface area contributed by atoms with Crippen LogP contribution in [0.2, 0.25) is 0 Å². The lowest BCUT2D eigenvalue weighted by Crippen LogP contribution is -2.45. The van der Waals surface area contributed by atoms with E-state index < -0.39 is 35.3 Å². The number of methoxy groups -OCH3 is 1. The molecule has 2 atom stereocenters. The van der Waals surface area contributed by atoms with E-state index in [2.05, 4.69) is 10.2 Å². The van der Waals surface area contributed by atoms with Gasteiger partial charge in [0.1, 0.15) is 33.5 Å². The van der Waals surface area contributed by atoms with Gasteiger partial charge in [-0.05, 0) is 44.4 Å². The van der Waals surface area contributed by atoms with Gasteiger partial charge in [0.15, 0.2) is 0 Å². The van der Waals surface area contributed by atoms with Crippen molar-refractivity contribution in [2.75, 3.05) is 20.7 Å². The normalized spacial score (nSPS) is 21.4. The Morgan fingerprint density at radius 3 is 2.56 bits per heavy atom. The number of aryl methyl sites for hydroxylation is 1. The lowest BCUT2D eigenvalue weighted by Gasteiger charge is -2.35. The van der Waals surface area contributed by atoms with Gasteiger partial charge in [-0.1, -0.05) is 11.3 Å². The minimum absolute atomic E-state index is 0.106. The number of carbonyl (C=O) groups is 1. The Balaban J connectivity index is 1.57. The number of thiophene rings is 1. The number of halogens is 1. The number of rotatable bonds is 8. The Morgan fingerprint density at radius 2 is 1.93 bits per heavy atom. The Labute approximate surface area is 237 Å². The topological polar surface area (TPSA) is 134 Å². The summed E-state index contributed by atoms with van der Waals surface area (Å²) in [5, 5.41) is 19.1. The van der Waals surface area contributed by atoms with Crippen LogP contribution in [0.25, 0.3) is 15.2 Å². The highest BCUT2D eigenvalue weighted by Gasteiger charge is 2.36. The monoisotopic (exact) mass is 584 g/mol. The van der Waals surface area contributed by atoms with Crippen LogP contribution in [0.3, 0.4) is 0 Å². The number of nitrogens with zero attached hydrogens (tertiary/aromatic N) is 6. The van der Waals surface area contributed by atoms with Crippen molar-refractivity contribution in [1.82, 2.24) is 29.0 Å². The van der Waals surface area contributed by atoms with Gasteiger partial charge in [0, 0.05) is 24.7 Å². The third-order valence-corrected chi connectivity index (χ3v) is 9.12. The molecule has 1 aromatic carbocycles. The van der Waals surface area contributed by atoms with Crippen LogP contribution in [-0.2, 0) is 16.1 Å². The van der Waals surface area contributed by atoms with Gasteiger partial charge in [-0.15, -0.1) is 4.80 Å². The molecule has 14 heteroatoms. The number of amides is 1. The van der Waals surface area contributed by atoms with Crippen molar-refractivity contribution in [3.8, 4) is 10.8 Å². The lowest BCUT2D eigenvalue weighted by molar-refractivity contribution is -0.129. The number of hydrogen-bond donors (Lipinski definition) is 1. The maximum Gasteiger partial charge on any atom is 0.332 e. The van der Waals surface area contributed by atoms with Crippen molar-refractivity contribution >= 4 is 27.5 Å². The van der Waals surface area contributed by atoms with Gasteiger partial charge < -0.3 is 19.5 Å². The standard InChI is InChI=1S/C27H29FN6O6S/c1-14-22-24(37)33(19-6-9-31(2)23(19)36)27(38)32(26(22)41-25(14)34-29-7-8-30-34)13-21(40-17-11-16(35)12-17)18-10-15(28)4-5-20(18)39-3/h4-5,7-8,10,16-17,19,21,35H,6,9,11-13H2,1-3H3/t16?,17?,19-,21?/m1/s1. The summed E-state index contributed by atoms with van der Waals surface area (Å²) < 4.78 is 28.8. The van der Waals surface area contributed by atoms with E-state index in [4.69, 9.17) is 9.47 Å². The zero-order valence-corrected chi connectivity index (χ0v) is 23.5. The van der Waals surface area contributed by atoms with Crippen LogP contribution in [0.5, 0.6) is 5.75 Å². The van der Waals surface area contributed by atoms with Crippen LogP contribution in [0.15, 0.2) is 40.2 Å². The fraction of sp³-hybridized carbons (Fsp3) is 0.444. The van der Waals surface area contributed by atoms with Crippen LogP contribution in [0.1, 0.15) is 42.5 Å². The predicted octanol–water partition coefficient (Wildman–Crippen LogP) is 1.95. The highest BCUT2D eigenvalue weighted by molar-refractivity contribution is 7.21. The van der Waals surface area contributed by atoms with Crippen molar-refractivity contribution in [2.45, 2.75) is 57.1 Å². The van der Waals surface area contributed by atoms with E-state index in [-0.39, 0.29) is 23.9 Å². The summed E-state index contributed by atoms with van der Waals surface area (Å²) in [6.07, 6.45) is 2.43. The Bertz CT molecular complexity index is 1740. The first kappa shape index (κ1) is 27.3. The second kappa shape index (κ2) is 10.5. The van der Waals surface area contributed by atoms with Gasteiger partial charge >= 0.3 is 5.69 Å². The van der Waals surface area contributed by atoms with Crippen LogP contribution in [0.4, 0.5) is 4.39 Å². The number of aromatic nitrogens is 5. The highest BCUT2D eigenvalue weighted by Crippen LogP contribution is 2.37. The number of aliphatic hydroxyl groups is 1. The summed E-state index contributed by atoms with van der Waals surface area (Å²) in [7, 11) is 3.09. The summed E-state index contributed by atoms with van der Waals surface area (Å²) in [4.78, 5) is 44.4. The molecule has 1 amide bonds. The van der Waals surface area contributed by atoms with Crippen molar-refractivity contribution in [3.05, 3.63) is 68.4 Å². The second-order valence-corrected chi connectivity index (χ2v) is 11.4. The van der Waals surface area contributed by atoms with Gasteiger partial charge in [0.25, 0.3) is 5.56 Å². The Hall–Kier alpha value is -3.88. The van der Waals surface area contributed by atoms with Crippen molar-refractivity contribution in [1.29, 1.82) is 0 Å². The van der Waals surface area contributed by atoms with E-state index in [1.165, 1.54) is 63.3 Å². The van der Waals surface area contributed by atoms with E-state index in [1.54, 1.807) is 14.0 Å². The smallest absolute Gasteiger partial charge is 0.332 e. The molecule has 0 radical (unpaired) electrons. The van der Waals surface area contributed by atoms with Gasteiger partial charge in [-0.3, -0.25) is 14.2 Å². The number of likely N-dealkylation sites (N-methyl/N-ethyl adjacent to an activating group) is 1. The van der Waals surface area contributed by atoms with E-state index in [0.29, 0.717) is 52.5 Å². The number of hydrogen-bond acceptors (Lipinski definition) is 9. The first-order valence-corrected chi connectivity index (χ1v) is 14.1. The molecule has 1 saturated carbocycles. The summed E-state index contributed by atoms with van der Waals surface area (Å²) in [5.41, 5.74) is -0.291. The molecule has 1 saturated heterocycles. The minimum atomic E-state index is -0.953. The average Bonchev–Trinajstić information content (AvgIpc) is 3.66. The van der Waals surface area contributed by atoms with Crippen LogP contribution in [0, 0.1) is 12.7 Å². The molecule has 216 valence electrons. The number of likely N-dealkylation sites (tertiary alicyclic amines) is 1. The molecule has 0 spiro atoms. The molecule has 4 heterocycles. The van der Waals surface area contributed by atoms with Gasteiger partial charge in [0.05, 0.1) is 43.6 Å². The maximum absolute atomic E-state index is 14.5. The summed E-state index contributed by atoms with van der Waals surface area (Å²) in [6, 6.07) is 3.10. The van der Waals surface area contributed by atoms with Crippen LogP contribution in [-0.4, -0.2) is 73.0 Å². The van der Waals surface area contributed by atoms with E-state index in [0.717, 1.165) is 4.57 Å². The first-order chi connectivity index (χ1) is 19.7. The van der Waals surface area contributed by atoms with Gasteiger partial charge in [0.2, 0.25) is 5.91 Å². The minimum Gasteiger partial charge on any atom is -0.496 e.